The van der Waals surface area contributed by atoms with Crippen LogP contribution in [0.15, 0.2) is 34.9 Å². The standard InChI is InChI=1S/C15H20BrN3/c1-4-6-17-15(14-5-7-19(3)18-14)12-8-11(2)9-13(16)10-12/h5,7-10,15,17H,4,6H2,1-3H3. The molecule has 0 aliphatic carbocycles. The van der Waals surface area contributed by atoms with Gasteiger partial charge in [-0.2, -0.15) is 5.10 Å². The minimum absolute atomic E-state index is 0.150. The Bertz CT molecular complexity index is 528. The van der Waals surface area contributed by atoms with Crippen molar-refractivity contribution in [2.24, 2.45) is 7.05 Å². The zero-order chi connectivity index (χ0) is 13.8. The van der Waals surface area contributed by atoms with Gasteiger partial charge >= 0.3 is 0 Å². The third-order valence-electron chi connectivity index (χ3n) is 3.03. The highest BCUT2D eigenvalue weighted by molar-refractivity contribution is 9.10. The van der Waals surface area contributed by atoms with E-state index in [0.717, 1.165) is 23.1 Å². The molecule has 19 heavy (non-hydrogen) atoms. The van der Waals surface area contributed by atoms with Crippen molar-refractivity contribution in [3.05, 3.63) is 51.8 Å². The van der Waals surface area contributed by atoms with Gasteiger partial charge < -0.3 is 5.32 Å². The van der Waals surface area contributed by atoms with Crippen molar-refractivity contribution in [2.45, 2.75) is 26.3 Å². The number of aryl methyl sites for hydroxylation is 2. The minimum atomic E-state index is 0.150. The molecule has 1 atom stereocenters. The summed E-state index contributed by atoms with van der Waals surface area (Å²) in [6.45, 7) is 5.27. The van der Waals surface area contributed by atoms with Gasteiger partial charge in [-0.15, -0.1) is 0 Å². The van der Waals surface area contributed by atoms with Crippen molar-refractivity contribution in [1.29, 1.82) is 0 Å². The lowest BCUT2D eigenvalue weighted by Gasteiger charge is -2.18. The third-order valence-corrected chi connectivity index (χ3v) is 3.48. The summed E-state index contributed by atoms with van der Waals surface area (Å²) in [6.07, 6.45) is 3.09. The summed E-state index contributed by atoms with van der Waals surface area (Å²) in [5.74, 6) is 0. The summed E-state index contributed by atoms with van der Waals surface area (Å²) in [5, 5.41) is 8.11. The molecule has 0 saturated heterocycles. The number of nitrogens with one attached hydrogen (secondary N) is 1. The molecule has 1 unspecified atom stereocenters. The van der Waals surface area contributed by atoms with Crippen molar-refractivity contribution in [1.82, 2.24) is 15.1 Å². The number of hydrogen-bond donors (Lipinski definition) is 1. The van der Waals surface area contributed by atoms with Crippen molar-refractivity contribution >= 4 is 15.9 Å². The molecule has 0 fully saturated rings. The fourth-order valence-corrected chi connectivity index (χ4v) is 2.83. The summed E-state index contributed by atoms with van der Waals surface area (Å²) >= 11 is 3.57. The molecule has 0 amide bonds. The monoisotopic (exact) mass is 321 g/mol. The van der Waals surface area contributed by atoms with E-state index < -0.39 is 0 Å². The summed E-state index contributed by atoms with van der Waals surface area (Å²) in [6, 6.07) is 8.72. The van der Waals surface area contributed by atoms with Gasteiger partial charge in [-0.25, -0.2) is 0 Å². The number of halogens is 1. The van der Waals surface area contributed by atoms with Gasteiger partial charge in [0.2, 0.25) is 0 Å². The number of nitrogens with zero attached hydrogens (tertiary/aromatic N) is 2. The number of rotatable bonds is 5. The molecular formula is C15H20BrN3. The van der Waals surface area contributed by atoms with Gasteiger partial charge in [0.05, 0.1) is 11.7 Å². The molecule has 0 spiro atoms. The Hall–Kier alpha value is -1.13. The molecule has 2 aromatic rings. The molecule has 1 N–H and O–H groups in total. The van der Waals surface area contributed by atoms with Crippen LogP contribution in [0.5, 0.6) is 0 Å². The zero-order valence-corrected chi connectivity index (χ0v) is 13.2. The van der Waals surface area contributed by atoms with Gasteiger partial charge in [0, 0.05) is 17.7 Å². The first-order chi connectivity index (χ1) is 9.10. The van der Waals surface area contributed by atoms with Crippen molar-refractivity contribution in [3.8, 4) is 0 Å². The molecule has 1 aromatic carbocycles. The number of benzene rings is 1. The maximum atomic E-state index is 4.54. The molecule has 2 rings (SSSR count). The van der Waals surface area contributed by atoms with Crippen LogP contribution in [0, 0.1) is 6.92 Å². The largest absolute Gasteiger partial charge is 0.305 e. The van der Waals surface area contributed by atoms with E-state index >= 15 is 0 Å². The van der Waals surface area contributed by atoms with Gasteiger partial charge in [0.15, 0.2) is 0 Å². The lowest BCUT2D eigenvalue weighted by molar-refractivity contribution is 0.575. The van der Waals surface area contributed by atoms with E-state index in [9.17, 15) is 0 Å². The van der Waals surface area contributed by atoms with Gasteiger partial charge in [-0.1, -0.05) is 28.9 Å². The Kier molecular flexibility index (Phi) is 4.77. The van der Waals surface area contributed by atoms with Crippen LogP contribution in [0.1, 0.15) is 36.2 Å². The number of aromatic nitrogens is 2. The lowest BCUT2D eigenvalue weighted by Crippen LogP contribution is -2.24. The first-order valence-electron chi connectivity index (χ1n) is 6.60. The fourth-order valence-electron chi connectivity index (χ4n) is 2.20. The highest BCUT2D eigenvalue weighted by Crippen LogP contribution is 2.25. The molecular weight excluding hydrogens is 302 g/mol. The Balaban J connectivity index is 2.36. The zero-order valence-electron chi connectivity index (χ0n) is 11.7. The van der Waals surface area contributed by atoms with Gasteiger partial charge in [-0.3, -0.25) is 4.68 Å². The molecule has 1 heterocycles. The van der Waals surface area contributed by atoms with Crippen LogP contribution in [-0.2, 0) is 7.05 Å². The normalized spacial score (nSPS) is 12.6. The van der Waals surface area contributed by atoms with E-state index in [-0.39, 0.29) is 6.04 Å². The van der Waals surface area contributed by atoms with E-state index in [2.05, 4.69) is 64.5 Å². The average molecular weight is 322 g/mol. The van der Waals surface area contributed by atoms with Gasteiger partial charge in [0.1, 0.15) is 0 Å². The topological polar surface area (TPSA) is 29.9 Å². The molecule has 1 aromatic heterocycles. The van der Waals surface area contributed by atoms with E-state index in [0.29, 0.717) is 0 Å². The van der Waals surface area contributed by atoms with Crippen LogP contribution in [0.2, 0.25) is 0 Å². The average Bonchev–Trinajstić information content (AvgIpc) is 2.75. The Labute approximate surface area is 123 Å². The van der Waals surface area contributed by atoms with Crippen molar-refractivity contribution < 1.29 is 0 Å². The van der Waals surface area contributed by atoms with Crippen molar-refractivity contribution in [2.75, 3.05) is 6.54 Å². The maximum absolute atomic E-state index is 4.54. The summed E-state index contributed by atoms with van der Waals surface area (Å²) in [5.41, 5.74) is 3.57. The van der Waals surface area contributed by atoms with Gasteiger partial charge in [0.25, 0.3) is 0 Å². The maximum Gasteiger partial charge on any atom is 0.0839 e. The summed E-state index contributed by atoms with van der Waals surface area (Å²) in [4.78, 5) is 0. The molecule has 0 aliphatic rings. The highest BCUT2D eigenvalue weighted by Gasteiger charge is 2.16. The van der Waals surface area contributed by atoms with Crippen LogP contribution in [0.4, 0.5) is 0 Å². The van der Waals surface area contributed by atoms with E-state index in [1.54, 1.807) is 0 Å². The highest BCUT2D eigenvalue weighted by atomic mass is 79.9. The van der Waals surface area contributed by atoms with Gasteiger partial charge in [-0.05, 0) is 49.2 Å². The second kappa shape index (κ2) is 6.35. The van der Waals surface area contributed by atoms with Crippen LogP contribution < -0.4 is 5.32 Å². The molecule has 0 aliphatic heterocycles. The number of hydrogen-bond acceptors (Lipinski definition) is 2. The van der Waals surface area contributed by atoms with Crippen molar-refractivity contribution in [3.63, 3.8) is 0 Å². The van der Waals surface area contributed by atoms with Crippen LogP contribution in [0.25, 0.3) is 0 Å². The molecule has 102 valence electrons. The molecule has 0 bridgehead atoms. The predicted octanol–water partition coefficient (Wildman–Crippen LogP) is 3.58. The van der Waals surface area contributed by atoms with Crippen LogP contribution >= 0.6 is 15.9 Å². The second-order valence-corrected chi connectivity index (χ2v) is 5.78. The minimum Gasteiger partial charge on any atom is -0.305 e. The first-order valence-corrected chi connectivity index (χ1v) is 7.39. The third kappa shape index (κ3) is 3.67. The SMILES string of the molecule is CCCNC(c1cc(C)cc(Br)c1)c1ccn(C)n1. The van der Waals surface area contributed by atoms with E-state index in [1.807, 2.05) is 17.9 Å². The molecule has 3 nitrogen and oxygen atoms in total. The van der Waals surface area contributed by atoms with Crippen LogP contribution in [-0.4, -0.2) is 16.3 Å². The van der Waals surface area contributed by atoms with E-state index in [1.165, 1.54) is 11.1 Å². The molecule has 0 radical (unpaired) electrons. The van der Waals surface area contributed by atoms with E-state index in [4.69, 9.17) is 0 Å². The smallest absolute Gasteiger partial charge is 0.0839 e. The lowest BCUT2D eigenvalue weighted by atomic mass is 10.0. The summed E-state index contributed by atoms with van der Waals surface area (Å²) < 4.78 is 2.96. The Morgan fingerprint density at radius 1 is 1.37 bits per heavy atom. The fraction of sp³-hybridized carbons (Fsp3) is 0.400. The predicted molar refractivity (Wildman–Crippen MR) is 82.2 cm³/mol. The molecule has 4 heteroatoms. The molecule has 0 saturated carbocycles. The van der Waals surface area contributed by atoms with Crippen LogP contribution in [0.3, 0.4) is 0 Å². The second-order valence-electron chi connectivity index (χ2n) is 4.86. The summed E-state index contributed by atoms with van der Waals surface area (Å²) in [7, 11) is 1.95. The first kappa shape index (κ1) is 14.3. The quantitative estimate of drug-likeness (QED) is 0.912. The Morgan fingerprint density at radius 3 is 2.74 bits per heavy atom. The Morgan fingerprint density at radius 2 is 2.16 bits per heavy atom.